The van der Waals surface area contributed by atoms with Crippen LogP contribution in [0, 0.1) is 12.8 Å². The molecule has 2 aromatic rings. The first-order chi connectivity index (χ1) is 12.6. The number of hydrogen-bond donors (Lipinski definition) is 0. The summed E-state index contributed by atoms with van der Waals surface area (Å²) in [5.41, 5.74) is -0.181. The molecular weight excluding hydrogens is 330 g/mol. The minimum absolute atomic E-state index is 0.0222. The van der Waals surface area contributed by atoms with Crippen LogP contribution < -0.4 is 4.74 Å². The van der Waals surface area contributed by atoms with Gasteiger partial charge in [0.25, 0.3) is 5.91 Å². The van der Waals surface area contributed by atoms with Crippen LogP contribution >= 0.6 is 0 Å². The summed E-state index contributed by atoms with van der Waals surface area (Å²) in [5, 5.41) is 4.22. The molecule has 1 unspecified atom stereocenters. The van der Waals surface area contributed by atoms with E-state index in [9.17, 15) is 4.79 Å². The van der Waals surface area contributed by atoms with Gasteiger partial charge in [0.05, 0.1) is 5.41 Å². The van der Waals surface area contributed by atoms with Crippen molar-refractivity contribution >= 4 is 5.91 Å². The van der Waals surface area contributed by atoms with Crippen LogP contribution in [-0.2, 0) is 10.2 Å². The molecule has 26 heavy (non-hydrogen) atoms. The number of piperidine rings is 1. The van der Waals surface area contributed by atoms with Crippen LogP contribution in [0.1, 0.15) is 43.8 Å². The van der Waals surface area contributed by atoms with Gasteiger partial charge in [-0.3, -0.25) is 4.79 Å². The number of nitrogens with zero attached hydrogens (tertiary/aromatic N) is 3. The van der Waals surface area contributed by atoms with Crippen molar-refractivity contribution in [1.29, 1.82) is 0 Å². The lowest BCUT2D eigenvalue weighted by Gasteiger charge is -2.41. The minimum atomic E-state index is -0.181. The Morgan fingerprint density at radius 2 is 2.15 bits per heavy atom. The normalized spacial score (nSPS) is 23.0. The van der Waals surface area contributed by atoms with Crippen LogP contribution in [0.5, 0.6) is 5.75 Å². The number of amides is 1. The summed E-state index contributed by atoms with van der Waals surface area (Å²) < 4.78 is 10.9. The predicted octanol–water partition coefficient (Wildman–Crippen LogP) is 3.12. The van der Waals surface area contributed by atoms with Crippen LogP contribution in [0.2, 0.25) is 0 Å². The highest BCUT2D eigenvalue weighted by molar-refractivity contribution is 5.78. The van der Waals surface area contributed by atoms with Crippen molar-refractivity contribution < 1.29 is 14.1 Å². The monoisotopic (exact) mass is 355 g/mol. The van der Waals surface area contributed by atoms with E-state index < -0.39 is 0 Å². The number of rotatable bonds is 6. The van der Waals surface area contributed by atoms with Crippen molar-refractivity contribution in [2.45, 2.75) is 44.4 Å². The zero-order valence-corrected chi connectivity index (χ0v) is 15.2. The molecule has 1 amide bonds. The lowest BCUT2D eigenvalue weighted by Crippen LogP contribution is -2.50. The molecule has 0 spiro atoms. The molecule has 2 aliphatic rings. The highest BCUT2D eigenvalue weighted by Gasteiger charge is 2.45. The minimum Gasteiger partial charge on any atom is -0.484 e. The summed E-state index contributed by atoms with van der Waals surface area (Å²) in [6, 6.07) is 9.46. The smallest absolute Gasteiger partial charge is 0.260 e. The van der Waals surface area contributed by atoms with Gasteiger partial charge < -0.3 is 14.2 Å². The number of aryl methyl sites for hydroxylation is 1. The van der Waals surface area contributed by atoms with Crippen LogP contribution in [0.4, 0.5) is 0 Å². The van der Waals surface area contributed by atoms with Gasteiger partial charge in [-0.2, -0.15) is 4.98 Å². The van der Waals surface area contributed by atoms with E-state index in [1.807, 2.05) is 42.2 Å². The van der Waals surface area contributed by atoms with Gasteiger partial charge in [0.2, 0.25) is 5.89 Å². The Bertz CT molecular complexity index is 757. The molecule has 6 heteroatoms. The molecule has 4 rings (SSSR count). The third kappa shape index (κ3) is 3.74. The van der Waals surface area contributed by atoms with Gasteiger partial charge >= 0.3 is 0 Å². The number of carbonyl (C=O) groups excluding carboxylic acids is 1. The SMILES string of the molecule is Cc1nc(C2(CC3CC3)CCCN(C(=O)COc3ccccc3)C2)no1. The number of hydrogen-bond acceptors (Lipinski definition) is 5. The van der Waals surface area contributed by atoms with Crippen LogP contribution in [0.15, 0.2) is 34.9 Å². The fourth-order valence-electron chi connectivity index (χ4n) is 3.93. The maximum atomic E-state index is 12.7. The average Bonchev–Trinajstić information content (AvgIpc) is 3.36. The Balaban J connectivity index is 1.46. The first kappa shape index (κ1) is 17.1. The van der Waals surface area contributed by atoms with Gasteiger partial charge in [-0.15, -0.1) is 0 Å². The molecular formula is C20H25N3O3. The molecule has 1 aliphatic heterocycles. The zero-order valence-electron chi connectivity index (χ0n) is 15.2. The fraction of sp³-hybridized carbons (Fsp3) is 0.550. The largest absolute Gasteiger partial charge is 0.484 e. The van der Waals surface area contributed by atoms with E-state index >= 15 is 0 Å². The molecule has 138 valence electrons. The van der Waals surface area contributed by atoms with Gasteiger partial charge in [-0.1, -0.05) is 36.2 Å². The standard InChI is InChI=1S/C20H25N3O3/c1-15-21-19(22-26-15)20(12-16-8-9-16)10-5-11-23(14-20)18(24)13-25-17-6-3-2-4-7-17/h2-4,6-7,16H,5,8-14H2,1H3. The van der Waals surface area contributed by atoms with Crippen LogP contribution in [0.25, 0.3) is 0 Å². The zero-order chi connectivity index (χ0) is 18.0. The number of para-hydroxylation sites is 1. The van der Waals surface area contributed by atoms with E-state index in [4.69, 9.17) is 9.26 Å². The summed E-state index contributed by atoms with van der Waals surface area (Å²) in [5.74, 6) is 2.82. The summed E-state index contributed by atoms with van der Waals surface area (Å²) >= 11 is 0. The molecule has 0 radical (unpaired) electrons. The van der Waals surface area contributed by atoms with Gasteiger partial charge in [-0.05, 0) is 37.3 Å². The van der Waals surface area contributed by atoms with Crippen molar-refractivity contribution in [3.05, 3.63) is 42.0 Å². The molecule has 1 aromatic carbocycles. The second kappa shape index (κ2) is 7.09. The molecule has 1 saturated carbocycles. The van der Waals surface area contributed by atoms with E-state index in [1.54, 1.807) is 0 Å². The van der Waals surface area contributed by atoms with E-state index in [1.165, 1.54) is 12.8 Å². The molecule has 0 N–H and O–H groups in total. The fourth-order valence-corrected chi connectivity index (χ4v) is 3.93. The van der Waals surface area contributed by atoms with E-state index in [0.29, 0.717) is 12.4 Å². The average molecular weight is 355 g/mol. The summed E-state index contributed by atoms with van der Waals surface area (Å²) in [4.78, 5) is 19.2. The van der Waals surface area contributed by atoms with Gasteiger partial charge in [0.15, 0.2) is 12.4 Å². The Hall–Kier alpha value is -2.37. The summed E-state index contributed by atoms with van der Waals surface area (Å²) in [6.07, 6.45) is 5.53. The van der Waals surface area contributed by atoms with Crippen LogP contribution in [-0.4, -0.2) is 40.6 Å². The molecule has 1 aromatic heterocycles. The molecule has 1 aliphatic carbocycles. The molecule has 1 atom stereocenters. The number of likely N-dealkylation sites (tertiary alicyclic amines) is 1. The Morgan fingerprint density at radius 1 is 1.35 bits per heavy atom. The van der Waals surface area contributed by atoms with Crippen molar-refractivity contribution in [1.82, 2.24) is 15.0 Å². The van der Waals surface area contributed by atoms with Crippen molar-refractivity contribution in [3.63, 3.8) is 0 Å². The Kier molecular flexibility index (Phi) is 4.66. The van der Waals surface area contributed by atoms with E-state index in [0.717, 1.165) is 43.3 Å². The number of carbonyl (C=O) groups is 1. The Labute approximate surface area is 153 Å². The van der Waals surface area contributed by atoms with Gasteiger partial charge in [0.1, 0.15) is 5.75 Å². The van der Waals surface area contributed by atoms with E-state index in [2.05, 4.69) is 10.1 Å². The molecule has 6 nitrogen and oxygen atoms in total. The molecule has 1 saturated heterocycles. The lowest BCUT2D eigenvalue weighted by atomic mass is 9.75. The number of benzene rings is 1. The highest BCUT2D eigenvalue weighted by atomic mass is 16.5. The predicted molar refractivity (Wildman–Crippen MR) is 95.8 cm³/mol. The highest BCUT2D eigenvalue weighted by Crippen LogP contribution is 2.45. The van der Waals surface area contributed by atoms with Crippen molar-refractivity contribution in [2.75, 3.05) is 19.7 Å². The van der Waals surface area contributed by atoms with E-state index in [-0.39, 0.29) is 17.9 Å². The molecule has 2 fully saturated rings. The quantitative estimate of drug-likeness (QED) is 0.796. The first-order valence-electron chi connectivity index (χ1n) is 9.41. The van der Waals surface area contributed by atoms with Crippen molar-refractivity contribution in [3.8, 4) is 5.75 Å². The Morgan fingerprint density at radius 3 is 2.85 bits per heavy atom. The number of ether oxygens (including phenoxy) is 1. The van der Waals surface area contributed by atoms with Crippen LogP contribution in [0.3, 0.4) is 0 Å². The van der Waals surface area contributed by atoms with Gasteiger partial charge in [-0.25, -0.2) is 0 Å². The summed E-state index contributed by atoms with van der Waals surface area (Å²) in [7, 11) is 0. The third-order valence-electron chi connectivity index (χ3n) is 5.41. The molecule has 0 bridgehead atoms. The summed E-state index contributed by atoms with van der Waals surface area (Å²) in [6.45, 7) is 3.30. The first-order valence-corrected chi connectivity index (χ1v) is 9.41. The number of aromatic nitrogens is 2. The third-order valence-corrected chi connectivity index (χ3v) is 5.41. The van der Waals surface area contributed by atoms with Gasteiger partial charge in [0, 0.05) is 20.0 Å². The lowest BCUT2D eigenvalue weighted by molar-refractivity contribution is -0.135. The topological polar surface area (TPSA) is 68.5 Å². The maximum absolute atomic E-state index is 12.7. The van der Waals surface area contributed by atoms with Crippen molar-refractivity contribution in [2.24, 2.45) is 5.92 Å². The second-order valence-electron chi connectivity index (χ2n) is 7.59. The molecule has 2 heterocycles. The second-order valence-corrected chi connectivity index (χ2v) is 7.59. The maximum Gasteiger partial charge on any atom is 0.260 e.